The molecule has 208 valence electrons. The van der Waals surface area contributed by atoms with Crippen molar-refractivity contribution in [1.29, 1.82) is 0 Å². The highest BCUT2D eigenvalue weighted by atomic mass is 35.5. The first kappa shape index (κ1) is 30.4. The number of carbonyl (C=O) groups excluding carboxylic acids is 2. The molecule has 3 aromatic rings. The number of nitrogens with one attached hydrogen (secondary N) is 1. The van der Waals surface area contributed by atoms with E-state index in [9.17, 15) is 22.4 Å². The maximum absolute atomic E-state index is 13.8. The van der Waals surface area contributed by atoms with Crippen LogP contribution in [0.15, 0.2) is 77.7 Å². The van der Waals surface area contributed by atoms with Gasteiger partial charge in [-0.15, -0.1) is 0 Å². The summed E-state index contributed by atoms with van der Waals surface area (Å²) in [7, 11) is -4.25. The molecular formula is C28H30Cl2FN3O4S. The van der Waals surface area contributed by atoms with Crippen LogP contribution in [0.25, 0.3) is 0 Å². The first-order chi connectivity index (χ1) is 18.4. The number of anilines is 1. The number of benzene rings is 3. The van der Waals surface area contributed by atoms with Gasteiger partial charge in [-0.05, 0) is 80.4 Å². The van der Waals surface area contributed by atoms with E-state index in [4.69, 9.17) is 23.2 Å². The first-order valence-electron chi connectivity index (χ1n) is 12.3. The minimum absolute atomic E-state index is 0.0431. The second-order valence-corrected chi connectivity index (χ2v) is 11.8. The van der Waals surface area contributed by atoms with E-state index < -0.39 is 40.2 Å². The Morgan fingerprint density at radius 3 is 2.18 bits per heavy atom. The topological polar surface area (TPSA) is 86.8 Å². The van der Waals surface area contributed by atoms with Crippen LogP contribution >= 0.6 is 23.2 Å². The molecule has 2 atom stereocenters. The standard InChI is InChI=1S/C28H30Cl2FN3O4S/c1-4-19(2)32-28(36)20(3)33(17-21-8-12-24(31)13-9-21)27(35)18-34(25-7-5-6-23(30)16-25)39(37,38)26-14-10-22(29)11-15-26/h5-16,19-20H,4,17-18H2,1-3H3,(H,32,36)/t19-,20-/m0/s1. The lowest BCUT2D eigenvalue weighted by Crippen LogP contribution is -2.52. The lowest BCUT2D eigenvalue weighted by molar-refractivity contribution is -0.139. The Morgan fingerprint density at radius 2 is 1.59 bits per heavy atom. The van der Waals surface area contributed by atoms with Gasteiger partial charge in [-0.1, -0.05) is 48.3 Å². The van der Waals surface area contributed by atoms with E-state index in [0.29, 0.717) is 17.0 Å². The third kappa shape index (κ3) is 7.94. The van der Waals surface area contributed by atoms with E-state index in [1.54, 1.807) is 19.1 Å². The van der Waals surface area contributed by atoms with E-state index in [1.165, 1.54) is 65.6 Å². The molecule has 7 nitrogen and oxygen atoms in total. The van der Waals surface area contributed by atoms with Crippen molar-refractivity contribution in [2.45, 2.75) is 50.7 Å². The van der Waals surface area contributed by atoms with Crippen LogP contribution in [0, 0.1) is 5.82 Å². The second kappa shape index (κ2) is 13.3. The zero-order valence-electron chi connectivity index (χ0n) is 21.8. The molecule has 0 aliphatic heterocycles. The van der Waals surface area contributed by atoms with Crippen LogP contribution in [0.3, 0.4) is 0 Å². The minimum atomic E-state index is -4.25. The number of amides is 2. The van der Waals surface area contributed by atoms with Crippen molar-refractivity contribution in [1.82, 2.24) is 10.2 Å². The molecule has 0 saturated carbocycles. The molecule has 0 aliphatic carbocycles. The minimum Gasteiger partial charge on any atom is -0.352 e. The number of nitrogens with zero attached hydrogens (tertiary/aromatic N) is 2. The number of rotatable bonds is 11. The predicted molar refractivity (Wildman–Crippen MR) is 152 cm³/mol. The number of sulfonamides is 1. The van der Waals surface area contributed by atoms with Crippen LogP contribution in [0.4, 0.5) is 10.1 Å². The average Bonchev–Trinajstić information content (AvgIpc) is 2.90. The molecule has 0 heterocycles. The molecule has 0 fully saturated rings. The van der Waals surface area contributed by atoms with Crippen molar-refractivity contribution >= 4 is 50.7 Å². The Kier molecular flexibility index (Phi) is 10.4. The molecule has 3 aromatic carbocycles. The highest BCUT2D eigenvalue weighted by molar-refractivity contribution is 7.92. The van der Waals surface area contributed by atoms with Gasteiger partial charge in [0.2, 0.25) is 11.8 Å². The third-order valence-electron chi connectivity index (χ3n) is 6.21. The average molecular weight is 595 g/mol. The van der Waals surface area contributed by atoms with Gasteiger partial charge in [0.05, 0.1) is 10.6 Å². The van der Waals surface area contributed by atoms with Gasteiger partial charge >= 0.3 is 0 Å². The van der Waals surface area contributed by atoms with Crippen molar-refractivity contribution in [2.24, 2.45) is 0 Å². The SMILES string of the molecule is CC[C@H](C)NC(=O)[C@H](C)N(Cc1ccc(F)cc1)C(=O)CN(c1cccc(Cl)c1)S(=O)(=O)c1ccc(Cl)cc1. The molecule has 0 bridgehead atoms. The molecular weight excluding hydrogens is 564 g/mol. The zero-order chi connectivity index (χ0) is 28.7. The maximum atomic E-state index is 13.8. The molecule has 0 spiro atoms. The molecule has 1 N–H and O–H groups in total. The van der Waals surface area contributed by atoms with Crippen LogP contribution < -0.4 is 9.62 Å². The molecule has 0 radical (unpaired) electrons. The van der Waals surface area contributed by atoms with Crippen molar-refractivity contribution in [3.05, 3.63) is 94.2 Å². The van der Waals surface area contributed by atoms with Gasteiger partial charge in [-0.25, -0.2) is 12.8 Å². The third-order valence-corrected chi connectivity index (χ3v) is 8.49. The Bertz CT molecular complexity index is 1400. The highest BCUT2D eigenvalue weighted by Crippen LogP contribution is 2.27. The summed E-state index contributed by atoms with van der Waals surface area (Å²) in [5.74, 6) is -1.47. The second-order valence-electron chi connectivity index (χ2n) is 9.09. The molecule has 3 rings (SSSR count). The summed E-state index contributed by atoms with van der Waals surface area (Å²) in [5, 5.41) is 3.49. The van der Waals surface area contributed by atoms with E-state index in [2.05, 4.69) is 5.32 Å². The van der Waals surface area contributed by atoms with Crippen LogP contribution in [-0.4, -0.2) is 43.8 Å². The summed E-state index contributed by atoms with van der Waals surface area (Å²) in [6.07, 6.45) is 0.687. The smallest absolute Gasteiger partial charge is 0.264 e. The van der Waals surface area contributed by atoms with Gasteiger partial charge in [0.15, 0.2) is 0 Å². The van der Waals surface area contributed by atoms with Crippen LogP contribution in [0.5, 0.6) is 0 Å². The van der Waals surface area contributed by atoms with E-state index in [1.807, 2.05) is 13.8 Å². The van der Waals surface area contributed by atoms with Gasteiger partial charge in [-0.2, -0.15) is 0 Å². The Labute approximate surface area is 238 Å². The lowest BCUT2D eigenvalue weighted by atomic mass is 10.1. The summed E-state index contributed by atoms with van der Waals surface area (Å²) >= 11 is 12.1. The number of hydrogen-bond acceptors (Lipinski definition) is 4. The molecule has 2 amide bonds. The van der Waals surface area contributed by atoms with Crippen LogP contribution in [0.1, 0.15) is 32.8 Å². The van der Waals surface area contributed by atoms with E-state index in [0.717, 1.165) is 4.31 Å². The van der Waals surface area contributed by atoms with Gasteiger partial charge in [0.1, 0.15) is 18.4 Å². The molecule has 11 heteroatoms. The van der Waals surface area contributed by atoms with Crippen molar-refractivity contribution in [3.63, 3.8) is 0 Å². The molecule has 0 saturated heterocycles. The van der Waals surface area contributed by atoms with Crippen LogP contribution in [0.2, 0.25) is 10.0 Å². The zero-order valence-corrected chi connectivity index (χ0v) is 24.1. The van der Waals surface area contributed by atoms with Crippen molar-refractivity contribution < 1.29 is 22.4 Å². The van der Waals surface area contributed by atoms with E-state index in [-0.39, 0.29) is 28.2 Å². The largest absolute Gasteiger partial charge is 0.352 e. The van der Waals surface area contributed by atoms with Gasteiger partial charge in [-0.3, -0.25) is 13.9 Å². The predicted octanol–water partition coefficient (Wildman–Crippen LogP) is 5.66. The summed E-state index contributed by atoms with van der Waals surface area (Å²) in [6.45, 7) is 4.67. The molecule has 39 heavy (non-hydrogen) atoms. The molecule has 0 aromatic heterocycles. The Balaban J connectivity index is 2.02. The number of carbonyl (C=O) groups is 2. The molecule has 0 unspecified atom stereocenters. The quantitative estimate of drug-likeness (QED) is 0.311. The lowest BCUT2D eigenvalue weighted by Gasteiger charge is -2.32. The van der Waals surface area contributed by atoms with Crippen molar-refractivity contribution in [3.8, 4) is 0 Å². The van der Waals surface area contributed by atoms with Gasteiger partial charge in [0, 0.05) is 22.6 Å². The fourth-order valence-electron chi connectivity index (χ4n) is 3.73. The fourth-order valence-corrected chi connectivity index (χ4v) is 5.44. The van der Waals surface area contributed by atoms with Gasteiger partial charge in [0.25, 0.3) is 10.0 Å². The summed E-state index contributed by atoms with van der Waals surface area (Å²) in [5.41, 5.74) is 0.743. The van der Waals surface area contributed by atoms with Gasteiger partial charge < -0.3 is 10.2 Å². The monoisotopic (exact) mass is 593 g/mol. The summed E-state index contributed by atoms with van der Waals surface area (Å²) in [4.78, 5) is 28.1. The Morgan fingerprint density at radius 1 is 0.949 bits per heavy atom. The summed E-state index contributed by atoms with van der Waals surface area (Å²) < 4.78 is 42.0. The molecule has 0 aliphatic rings. The first-order valence-corrected chi connectivity index (χ1v) is 14.5. The number of halogens is 3. The van der Waals surface area contributed by atoms with E-state index >= 15 is 0 Å². The number of hydrogen-bond donors (Lipinski definition) is 1. The maximum Gasteiger partial charge on any atom is 0.264 e. The fraction of sp³-hybridized carbons (Fsp3) is 0.286. The Hall–Kier alpha value is -3.14. The highest BCUT2D eigenvalue weighted by Gasteiger charge is 2.33. The van der Waals surface area contributed by atoms with Crippen molar-refractivity contribution in [2.75, 3.05) is 10.8 Å². The normalized spacial score (nSPS) is 12.9. The van der Waals surface area contributed by atoms with Crippen LogP contribution in [-0.2, 0) is 26.2 Å². The summed E-state index contributed by atoms with van der Waals surface area (Å²) in [6, 6.07) is 16.1.